The van der Waals surface area contributed by atoms with Crippen molar-refractivity contribution in [2.45, 2.75) is 25.9 Å². The SMILES string of the molecule is CCCOc1ccc([C@H]2c3c(oc4ccccc4c3=O)C(=O)N2Cc2ccco2)cc1. The normalized spacial score (nSPS) is 15.5. The third kappa shape index (κ3) is 3.30. The van der Waals surface area contributed by atoms with E-state index in [1.807, 2.05) is 31.2 Å². The van der Waals surface area contributed by atoms with Crippen molar-refractivity contribution >= 4 is 16.9 Å². The minimum Gasteiger partial charge on any atom is -0.494 e. The van der Waals surface area contributed by atoms with Gasteiger partial charge in [-0.1, -0.05) is 31.2 Å². The fourth-order valence-electron chi connectivity index (χ4n) is 4.01. The average molecular weight is 415 g/mol. The van der Waals surface area contributed by atoms with Gasteiger partial charge in [-0.3, -0.25) is 9.59 Å². The maximum Gasteiger partial charge on any atom is 0.291 e. The van der Waals surface area contributed by atoms with Gasteiger partial charge in [0.25, 0.3) is 5.91 Å². The highest BCUT2D eigenvalue weighted by Crippen LogP contribution is 2.39. The van der Waals surface area contributed by atoms with E-state index in [4.69, 9.17) is 13.6 Å². The molecule has 0 saturated carbocycles. The lowest BCUT2D eigenvalue weighted by atomic mass is 9.98. The van der Waals surface area contributed by atoms with Crippen molar-refractivity contribution in [2.24, 2.45) is 0 Å². The minimum atomic E-state index is -0.575. The number of benzene rings is 2. The van der Waals surface area contributed by atoms with E-state index in [-0.39, 0.29) is 23.6 Å². The summed E-state index contributed by atoms with van der Waals surface area (Å²) in [6, 6.07) is 17.5. The molecule has 6 nitrogen and oxygen atoms in total. The Labute approximate surface area is 178 Å². The second-order valence-corrected chi connectivity index (χ2v) is 7.50. The molecule has 156 valence electrons. The van der Waals surface area contributed by atoms with Crippen LogP contribution in [-0.2, 0) is 6.54 Å². The number of para-hydroxylation sites is 1. The third-order valence-corrected chi connectivity index (χ3v) is 5.45. The standard InChI is InChI=1S/C25H21NO5/c1-2-13-29-17-11-9-16(10-12-17)22-21-23(27)19-7-3-4-8-20(19)31-24(21)25(28)26(22)15-18-6-5-14-30-18/h3-12,14,22H,2,13,15H2,1H3/t22-/m0/s1. The third-order valence-electron chi connectivity index (χ3n) is 5.45. The van der Waals surface area contributed by atoms with Crippen molar-refractivity contribution < 1.29 is 18.4 Å². The molecule has 0 N–H and O–H groups in total. The highest BCUT2D eigenvalue weighted by atomic mass is 16.5. The van der Waals surface area contributed by atoms with E-state index in [0.29, 0.717) is 28.9 Å². The van der Waals surface area contributed by atoms with Crippen LogP contribution in [0.2, 0.25) is 0 Å². The molecule has 1 aliphatic rings. The summed E-state index contributed by atoms with van der Waals surface area (Å²) in [5, 5.41) is 0.460. The van der Waals surface area contributed by atoms with Gasteiger partial charge in [0.05, 0.1) is 36.4 Å². The summed E-state index contributed by atoms with van der Waals surface area (Å²) < 4.78 is 17.1. The lowest BCUT2D eigenvalue weighted by Gasteiger charge is -2.24. The molecule has 2 aromatic heterocycles. The van der Waals surface area contributed by atoms with Crippen LogP contribution in [0, 0.1) is 0 Å². The molecule has 0 aliphatic carbocycles. The lowest BCUT2D eigenvalue weighted by Crippen LogP contribution is -2.29. The zero-order valence-corrected chi connectivity index (χ0v) is 17.0. The van der Waals surface area contributed by atoms with Crippen LogP contribution in [0.5, 0.6) is 5.75 Å². The predicted molar refractivity (Wildman–Crippen MR) is 115 cm³/mol. The van der Waals surface area contributed by atoms with E-state index in [0.717, 1.165) is 17.7 Å². The number of rotatable bonds is 6. The summed E-state index contributed by atoms with van der Waals surface area (Å²) in [4.78, 5) is 28.4. The number of hydrogen-bond donors (Lipinski definition) is 0. The van der Waals surface area contributed by atoms with Crippen molar-refractivity contribution in [1.82, 2.24) is 4.90 Å². The Morgan fingerprint density at radius 3 is 2.55 bits per heavy atom. The van der Waals surface area contributed by atoms with Gasteiger partial charge in [-0.25, -0.2) is 0 Å². The summed E-state index contributed by atoms with van der Waals surface area (Å²) >= 11 is 0. The van der Waals surface area contributed by atoms with Crippen molar-refractivity contribution in [2.75, 3.05) is 6.61 Å². The first-order chi connectivity index (χ1) is 15.2. The molecule has 0 bridgehead atoms. The van der Waals surface area contributed by atoms with Crippen LogP contribution in [0.25, 0.3) is 11.0 Å². The zero-order valence-electron chi connectivity index (χ0n) is 17.0. The van der Waals surface area contributed by atoms with Crippen LogP contribution in [-0.4, -0.2) is 17.4 Å². The van der Waals surface area contributed by atoms with Gasteiger partial charge in [0.2, 0.25) is 5.76 Å². The topological polar surface area (TPSA) is 72.9 Å². The second-order valence-electron chi connectivity index (χ2n) is 7.50. The number of furan rings is 1. The molecule has 5 rings (SSSR count). The van der Waals surface area contributed by atoms with E-state index in [1.165, 1.54) is 0 Å². The number of nitrogens with zero attached hydrogens (tertiary/aromatic N) is 1. The highest BCUT2D eigenvalue weighted by molar-refractivity contribution is 5.99. The molecular weight excluding hydrogens is 394 g/mol. The largest absolute Gasteiger partial charge is 0.494 e. The Kier molecular flexibility index (Phi) is 4.82. The summed E-state index contributed by atoms with van der Waals surface area (Å²) in [6.45, 7) is 2.90. The van der Waals surface area contributed by atoms with Gasteiger partial charge in [0.15, 0.2) is 5.43 Å². The molecule has 0 saturated heterocycles. The van der Waals surface area contributed by atoms with E-state index < -0.39 is 6.04 Å². The van der Waals surface area contributed by atoms with Crippen LogP contribution in [0.15, 0.2) is 80.6 Å². The van der Waals surface area contributed by atoms with Crippen LogP contribution < -0.4 is 10.2 Å². The Hall–Kier alpha value is -3.80. The fraction of sp³-hybridized carbons (Fsp3) is 0.200. The molecule has 0 spiro atoms. The zero-order chi connectivity index (χ0) is 21.4. The molecule has 2 aromatic carbocycles. The quantitative estimate of drug-likeness (QED) is 0.447. The van der Waals surface area contributed by atoms with Crippen molar-refractivity contribution in [3.63, 3.8) is 0 Å². The first-order valence-electron chi connectivity index (χ1n) is 10.3. The Bertz CT molecular complexity index is 1290. The monoisotopic (exact) mass is 415 g/mol. The van der Waals surface area contributed by atoms with E-state index in [2.05, 4.69) is 0 Å². The van der Waals surface area contributed by atoms with Gasteiger partial charge in [-0.15, -0.1) is 0 Å². The molecule has 0 unspecified atom stereocenters. The van der Waals surface area contributed by atoms with E-state index in [9.17, 15) is 9.59 Å². The van der Waals surface area contributed by atoms with Crippen LogP contribution in [0.4, 0.5) is 0 Å². The first kappa shape index (κ1) is 19.2. The number of ether oxygens (including phenoxy) is 1. The number of amides is 1. The average Bonchev–Trinajstić information content (AvgIpc) is 3.41. The Morgan fingerprint density at radius 1 is 1.00 bits per heavy atom. The highest BCUT2D eigenvalue weighted by Gasteiger charge is 2.43. The number of fused-ring (bicyclic) bond motifs is 2. The van der Waals surface area contributed by atoms with Crippen molar-refractivity contribution in [3.05, 3.63) is 99.8 Å². The van der Waals surface area contributed by atoms with Crippen LogP contribution >= 0.6 is 0 Å². The number of carbonyl (C=O) groups is 1. The van der Waals surface area contributed by atoms with Crippen molar-refractivity contribution in [1.29, 1.82) is 0 Å². The number of carbonyl (C=O) groups excluding carboxylic acids is 1. The Balaban J connectivity index is 1.65. The smallest absolute Gasteiger partial charge is 0.291 e. The molecule has 1 atom stereocenters. The molecule has 0 radical (unpaired) electrons. The molecular formula is C25H21NO5. The van der Waals surface area contributed by atoms with Crippen LogP contribution in [0.3, 0.4) is 0 Å². The number of hydrogen-bond acceptors (Lipinski definition) is 5. The summed E-state index contributed by atoms with van der Waals surface area (Å²) in [7, 11) is 0. The first-order valence-corrected chi connectivity index (χ1v) is 10.3. The van der Waals surface area contributed by atoms with E-state index >= 15 is 0 Å². The maximum absolute atomic E-state index is 13.4. The molecule has 3 heterocycles. The van der Waals surface area contributed by atoms with Gasteiger partial charge in [-0.05, 0) is 48.4 Å². The molecule has 1 amide bonds. The van der Waals surface area contributed by atoms with Gasteiger partial charge >= 0.3 is 0 Å². The van der Waals surface area contributed by atoms with Gasteiger partial charge in [0, 0.05) is 0 Å². The molecule has 31 heavy (non-hydrogen) atoms. The summed E-state index contributed by atoms with van der Waals surface area (Å²) in [5.41, 5.74) is 1.38. The van der Waals surface area contributed by atoms with Gasteiger partial charge < -0.3 is 18.5 Å². The Morgan fingerprint density at radius 2 is 1.81 bits per heavy atom. The van der Waals surface area contributed by atoms with Gasteiger partial charge in [-0.2, -0.15) is 0 Å². The molecule has 4 aromatic rings. The molecule has 1 aliphatic heterocycles. The predicted octanol–water partition coefficient (Wildman–Crippen LogP) is 4.92. The minimum absolute atomic E-state index is 0.0894. The van der Waals surface area contributed by atoms with Gasteiger partial charge in [0.1, 0.15) is 17.1 Å². The maximum atomic E-state index is 13.4. The van der Waals surface area contributed by atoms with Crippen LogP contribution in [0.1, 0.15) is 46.8 Å². The van der Waals surface area contributed by atoms with Crippen molar-refractivity contribution in [3.8, 4) is 5.75 Å². The van der Waals surface area contributed by atoms with E-state index in [1.54, 1.807) is 47.6 Å². The molecule has 0 fully saturated rings. The molecule has 6 heteroatoms. The fourth-order valence-corrected chi connectivity index (χ4v) is 4.01. The summed E-state index contributed by atoms with van der Waals surface area (Å²) in [5.74, 6) is 1.14. The second kappa shape index (κ2) is 7.80. The summed E-state index contributed by atoms with van der Waals surface area (Å²) in [6.07, 6.45) is 2.48. The lowest BCUT2D eigenvalue weighted by molar-refractivity contribution is 0.0701.